The molecule has 2 aromatic carbocycles. The van der Waals surface area contributed by atoms with Crippen LogP contribution in [0, 0.1) is 17.0 Å². The summed E-state index contributed by atoms with van der Waals surface area (Å²) in [4.78, 5) is 14.1. The number of fused-ring (bicyclic) bond motifs is 1. The van der Waals surface area contributed by atoms with Gasteiger partial charge in [-0.2, -0.15) is 0 Å². The summed E-state index contributed by atoms with van der Waals surface area (Å²) in [6.07, 6.45) is 0. The standard InChI is InChI=1S/C15H10BrFN2O3S.2C2H6.CH4/c1-8-14(19(20)21)13-10(12(16)15(8)22-23-17)7-11(18-13)9-5-3-2-4-6-9;2*1-2;/h2-7,18H,1H3;2*1-2H3;1H4. The molecular formula is C20H26BrFN2O3S. The molecule has 0 atom stereocenters. The van der Waals surface area contributed by atoms with Crippen LogP contribution >= 0.6 is 28.4 Å². The Morgan fingerprint density at radius 2 is 1.75 bits per heavy atom. The van der Waals surface area contributed by atoms with E-state index in [1.54, 1.807) is 6.07 Å². The summed E-state index contributed by atoms with van der Waals surface area (Å²) in [5.74, 6) is 0.107. The summed E-state index contributed by atoms with van der Waals surface area (Å²) < 4.78 is 17.9. The molecule has 154 valence electrons. The van der Waals surface area contributed by atoms with Gasteiger partial charge in [0.05, 0.1) is 15.0 Å². The third kappa shape index (κ3) is 5.26. The monoisotopic (exact) mass is 472 g/mol. The van der Waals surface area contributed by atoms with E-state index in [4.69, 9.17) is 4.18 Å². The van der Waals surface area contributed by atoms with Gasteiger partial charge in [-0.15, -0.1) is 3.89 Å². The molecule has 3 aromatic rings. The largest absolute Gasteiger partial charge is 0.395 e. The van der Waals surface area contributed by atoms with Gasteiger partial charge in [0, 0.05) is 11.1 Å². The first-order chi connectivity index (χ1) is 13.0. The Labute approximate surface area is 178 Å². The minimum absolute atomic E-state index is 0. The van der Waals surface area contributed by atoms with Gasteiger partial charge in [-0.05, 0) is 34.5 Å². The molecule has 3 rings (SSSR count). The SMILES string of the molecule is C.CC.CC.Cc1c(OSF)c(Br)c2cc(-c3ccccc3)[nH]c2c1[N+](=O)[O-]. The average Bonchev–Trinajstić information content (AvgIpc) is 3.14. The molecule has 1 heterocycles. The molecule has 0 aliphatic carbocycles. The van der Waals surface area contributed by atoms with Gasteiger partial charge in [-0.1, -0.05) is 65.5 Å². The van der Waals surface area contributed by atoms with Crippen molar-refractivity contribution in [2.24, 2.45) is 0 Å². The lowest BCUT2D eigenvalue weighted by atomic mass is 10.1. The van der Waals surface area contributed by atoms with E-state index >= 15 is 0 Å². The van der Waals surface area contributed by atoms with Crippen molar-refractivity contribution >= 4 is 44.9 Å². The third-order valence-electron chi connectivity index (χ3n) is 3.57. The Bertz CT molecular complexity index is 902. The maximum atomic E-state index is 12.5. The topological polar surface area (TPSA) is 68.2 Å². The molecule has 1 aromatic heterocycles. The van der Waals surface area contributed by atoms with Crippen LogP contribution in [0.15, 0.2) is 40.9 Å². The first-order valence-corrected chi connectivity index (χ1v) is 9.98. The second-order valence-electron chi connectivity index (χ2n) is 4.86. The number of nitrogens with one attached hydrogen (secondary N) is 1. The van der Waals surface area contributed by atoms with Crippen molar-refractivity contribution in [2.75, 3.05) is 0 Å². The van der Waals surface area contributed by atoms with E-state index in [0.29, 0.717) is 15.4 Å². The Kier molecular flexibility index (Phi) is 11.5. The summed E-state index contributed by atoms with van der Waals surface area (Å²) in [6, 6.07) is 11.2. The van der Waals surface area contributed by atoms with Crippen molar-refractivity contribution in [3.05, 3.63) is 56.5 Å². The van der Waals surface area contributed by atoms with E-state index in [1.807, 2.05) is 58.0 Å². The number of nitro groups is 1. The fourth-order valence-corrected chi connectivity index (χ4v) is 3.60. The molecule has 0 amide bonds. The molecule has 0 spiro atoms. The number of aromatic nitrogens is 1. The molecule has 1 N–H and O–H groups in total. The summed E-state index contributed by atoms with van der Waals surface area (Å²) in [6.45, 7) is 9.52. The van der Waals surface area contributed by atoms with Crippen LogP contribution in [0.5, 0.6) is 5.75 Å². The number of benzene rings is 2. The van der Waals surface area contributed by atoms with Crippen LogP contribution in [0.1, 0.15) is 40.7 Å². The number of hydrogen-bond donors (Lipinski definition) is 1. The highest BCUT2D eigenvalue weighted by molar-refractivity contribution is 9.10. The molecule has 5 nitrogen and oxygen atoms in total. The number of nitro benzene ring substituents is 1. The minimum atomic E-state index is -0.495. The normalized spacial score (nSPS) is 9.39. The number of rotatable bonds is 4. The number of aromatic amines is 1. The van der Waals surface area contributed by atoms with Crippen LogP contribution in [-0.2, 0) is 0 Å². The number of H-pyrrole nitrogens is 1. The van der Waals surface area contributed by atoms with Gasteiger partial charge in [0.15, 0.2) is 5.75 Å². The summed E-state index contributed by atoms with van der Waals surface area (Å²) in [7, 11) is 0. The van der Waals surface area contributed by atoms with Crippen LogP contribution in [0.4, 0.5) is 9.57 Å². The molecule has 0 saturated heterocycles. The molecule has 0 aliphatic heterocycles. The highest BCUT2D eigenvalue weighted by Gasteiger charge is 2.26. The second kappa shape index (κ2) is 12.4. The Balaban J connectivity index is 0.00000137. The number of hydrogen-bond acceptors (Lipinski definition) is 4. The molecular weight excluding hydrogens is 447 g/mol. The predicted molar refractivity (Wildman–Crippen MR) is 122 cm³/mol. The van der Waals surface area contributed by atoms with Crippen molar-refractivity contribution in [1.82, 2.24) is 4.98 Å². The smallest absolute Gasteiger partial charge is 0.300 e. The van der Waals surface area contributed by atoms with Gasteiger partial charge in [0.2, 0.25) is 0 Å². The molecule has 8 heteroatoms. The van der Waals surface area contributed by atoms with Crippen LogP contribution in [0.25, 0.3) is 22.2 Å². The number of nitrogens with zero attached hydrogens (tertiary/aromatic N) is 1. The lowest BCUT2D eigenvalue weighted by Gasteiger charge is -2.08. The summed E-state index contributed by atoms with van der Waals surface area (Å²) in [5, 5.41) is 12.0. The van der Waals surface area contributed by atoms with Crippen molar-refractivity contribution < 1.29 is 13.0 Å². The van der Waals surface area contributed by atoms with Gasteiger partial charge < -0.3 is 9.17 Å². The van der Waals surface area contributed by atoms with E-state index in [9.17, 15) is 14.0 Å². The second-order valence-corrected chi connectivity index (χ2v) is 5.94. The Hall–Kier alpha value is -2.06. The Morgan fingerprint density at radius 1 is 1.18 bits per heavy atom. The zero-order chi connectivity index (χ0) is 20.6. The van der Waals surface area contributed by atoms with Gasteiger partial charge in [0.25, 0.3) is 18.1 Å². The lowest BCUT2D eigenvalue weighted by Crippen LogP contribution is -1.96. The first kappa shape index (κ1) is 25.9. The zero-order valence-electron chi connectivity index (χ0n) is 15.8. The maximum absolute atomic E-state index is 12.5. The van der Waals surface area contributed by atoms with E-state index in [0.717, 1.165) is 11.3 Å². The van der Waals surface area contributed by atoms with E-state index in [1.165, 1.54) is 6.92 Å². The highest BCUT2D eigenvalue weighted by Crippen LogP contribution is 2.45. The highest BCUT2D eigenvalue weighted by atomic mass is 79.9. The molecule has 0 radical (unpaired) electrons. The fourth-order valence-electron chi connectivity index (χ4n) is 2.53. The van der Waals surface area contributed by atoms with Crippen molar-refractivity contribution in [2.45, 2.75) is 42.0 Å². The van der Waals surface area contributed by atoms with Crippen LogP contribution in [0.3, 0.4) is 0 Å². The van der Waals surface area contributed by atoms with E-state index < -0.39 is 4.92 Å². The van der Waals surface area contributed by atoms with Gasteiger partial charge >= 0.3 is 0 Å². The molecule has 28 heavy (non-hydrogen) atoms. The van der Waals surface area contributed by atoms with E-state index in [-0.39, 0.29) is 36.9 Å². The Morgan fingerprint density at radius 3 is 2.25 bits per heavy atom. The molecule has 0 fully saturated rings. The molecule has 0 saturated carbocycles. The molecule has 0 bridgehead atoms. The predicted octanol–water partition coefficient (Wildman–Crippen LogP) is 8.41. The van der Waals surface area contributed by atoms with Gasteiger partial charge in [-0.25, -0.2) is 0 Å². The summed E-state index contributed by atoms with van der Waals surface area (Å²) >= 11 is 3.01. The summed E-state index contributed by atoms with van der Waals surface area (Å²) in [5.41, 5.74) is 2.11. The van der Waals surface area contributed by atoms with Crippen molar-refractivity contribution in [1.29, 1.82) is 0 Å². The van der Waals surface area contributed by atoms with Crippen LogP contribution in [-0.4, -0.2) is 9.91 Å². The van der Waals surface area contributed by atoms with Crippen molar-refractivity contribution in [3.63, 3.8) is 0 Å². The van der Waals surface area contributed by atoms with Crippen LogP contribution < -0.4 is 4.18 Å². The fraction of sp³-hybridized carbons (Fsp3) is 0.300. The van der Waals surface area contributed by atoms with Gasteiger partial charge in [0.1, 0.15) is 5.52 Å². The third-order valence-corrected chi connectivity index (χ3v) is 4.59. The first-order valence-electron chi connectivity index (χ1n) is 8.54. The van der Waals surface area contributed by atoms with Gasteiger partial charge in [-0.3, -0.25) is 10.1 Å². The van der Waals surface area contributed by atoms with Crippen molar-refractivity contribution in [3.8, 4) is 17.0 Å². The molecule has 0 unspecified atom stereocenters. The van der Waals surface area contributed by atoms with E-state index in [2.05, 4.69) is 20.9 Å². The lowest BCUT2D eigenvalue weighted by molar-refractivity contribution is -0.383. The quantitative estimate of drug-likeness (QED) is 0.235. The molecule has 0 aliphatic rings. The number of halogens is 2. The maximum Gasteiger partial charge on any atom is 0.300 e. The van der Waals surface area contributed by atoms with Crippen LogP contribution in [0.2, 0.25) is 0 Å². The average molecular weight is 473 g/mol. The minimum Gasteiger partial charge on any atom is -0.395 e. The zero-order valence-corrected chi connectivity index (χ0v) is 18.2.